The summed E-state index contributed by atoms with van der Waals surface area (Å²) in [6.45, 7) is 4.46. The largest absolute Gasteiger partial charge is 0.352 e. The zero-order valence-electron chi connectivity index (χ0n) is 15.4. The molecule has 0 unspecified atom stereocenters. The van der Waals surface area contributed by atoms with Crippen LogP contribution in [0.1, 0.15) is 48.5 Å². The number of anilines is 1. The highest BCUT2D eigenvalue weighted by Crippen LogP contribution is 2.20. The number of non-ortho nitro benzene ring substituents is 1. The molecule has 2 N–H and O–H groups in total. The van der Waals surface area contributed by atoms with Gasteiger partial charge in [-0.05, 0) is 42.2 Å². The van der Waals surface area contributed by atoms with E-state index in [4.69, 9.17) is 0 Å². The highest BCUT2D eigenvalue weighted by molar-refractivity contribution is 5.95. The first-order valence-electron chi connectivity index (χ1n) is 8.83. The zero-order valence-corrected chi connectivity index (χ0v) is 15.4. The third-order valence-corrected chi connectivity index (χ3v) is 4.35. The SMILES string of the molecule is CC[C@H](C)c1ccc(NC(=O)CCNC(=O)c2ccc([N+](=O)[O-])cc2)cc1. The number of hydrogen-bond donors (Lipinski definition) is 2. The number of nitro groups is 1. The fourth-order valence-electron chi connectivity index (χ4n) is 2.48. The molecule has 0 fully saturated rings. The molecule has 0 aliphatic carbocycles. The van der Waals surface area contributed by atoms with Crippen molar-refractivity contribution in [1.29, 1.82) is 0 Å². The van der Waals surface area contributed by atoms with Gasteiger partial charge in [-0.25, -0.2) is 0 Å². The molecular weight excluding hydrogens is 346 g/mol. The van der Waals surface area contributed by atoms with Crippen LogP contribution in [0.3, 0.4) is 0 Å². The summed E-state index contributed by atoms with van der Waals surface area (Å²) in [4.78, 5) is 34.1. The molecule has 2 aromatic rings. The average Bonchev–Trinajstić information content (AvgIpc) is 2.67. The molecule has 0 radical (unpaired) electrons. The fourth-order valence-corrected chi connectivity index (χ4v) is 2.48. The van der Waals surface area contributed by atoms with Crippen molar-refractivity contribution in [3.8, 4) is 0 Å². The minimum absolute atomic E-state index is 0.0784. The second kappa shape index (κ2) is 9.47. The van der Waals surface area contributed by atoms with Crippen LogP contribution >= 0.6 is 0 Å². The van der Waals surface area contributed by atoms with E-state index in [1.807, 2.05) is 24.3 Å². The highest BCUT2D eigenvalue weighted by atomic mass is 16.6. The number of nitrogens with one attached hydrogen (secondary N) is 2. The summed E-state index contributed by atoms with van der Waals surface area (Å²) >= 11 is 0. The second-order valence-electron chi connectivity index (χ2n) is 6.29. The molecular formula is C20H23N3O4. The monoisotopic (exact) mass is 369 g/mol. The predicted octanol–water partition coefficient (Wildman–Crippen LogP) is 3.87. The van der Waals surface area contributed by atoms with Crippen LogP contribution < -0.4 is 10.6 Å². The van der Waals surface area contributed by atoms with E-state index in [2.05, 4.69) is 24.5 Å². The van der Waals surface area contributed by atoms with Gasteiger partial charge in [0.25, 0.3) is 11.6 Å². The van der Waals surface area contributed by atoms with Gasteiger partial charge in [0.2, 0.25) is 5.91 Å². The van der Waals surface area contributed by atoms with Crippen LogP contribution in [0, 0.1) is 10.1 Å². The molecule has 0 saturated carbocycles. The first kappa shape index (κ1) is 20.1. The van der Waals surface area contributed by atoms with Gasteiger partial charge in [0.15, 0.2) is 0 Å². The van der Waals surface area contributed by atoms with E-state index in [-0.39, 0.29) is 30.5 Å². The van der Waals surface area contributed by atoms with Crippen LogP contribution in [0.15, 0.2) is 48.5 Å². The van der Waals surface area contributed by atoms with Crippen LogP contribution in [0.4, 0.5) is 11.4 Å². The Morgan fingerprint density at radius 3 is 2.26 bits per heavy atom. The number of nitrogens with zero attached hydrogens (tertiary/aromatic N) is 1. The number of hydrogen-bond acceptors (Lipinski definition) is 4. The van der Waals surface area contributed by atoms with Crippen molar-refractivity contribution in [2.45, 2.75) is 32.6 Å². The van der Waals surface area contributed by atoms with Gasteiger partial charge < -0.3 is 10.6 Å². The van der Waals surface area contributed by atoms with E-state index in [0.29, 0.717) is 17.2 Å². The van der Waals surface area contributed by atoms with E-state index in [1.165, 1.54) is 29.8 Å². The number of benzene rings is 2. The number of carbonyl (C=O) groups excluding carboxylic acids is 2. The molecule has 27 heavy (non-hydrogen) atoms. The fraction of sp³-hybridized carbons (Fsp3) is 0.300. The van der Waals surface area contributed by atoms with Crippen LogP contribution in [0.5, 0.6) is 0 Å². The summed E-state index contributed by atoms with van der Waals surface area (Å²) in [6.07, 6.45) is 1.19. The maximum atomic E-state index is 12.0. The van der Waals surface area contributed by atoms with Crippen LogP contribution in [0.25, 0.3) is 0 Å². The quantitative estimate of drug-likeness (QED) is 0.545. The summed E-state index contributed by atoms with van der Waals surface area (Å²) in [7, 11) is 0. The summed E-state index contributed by atoms with van der Waals surface area (Å²) < 4.78 is 0. The minimum Gasteiger partial charge on any atom is -0.352 e. The van der Waals surface area contributed by atoms with E-state index < -0.39 is 4.92 Å². The molecule has 2 rings (SSSR count). The molecule has 0 heterocycles. The number of nitro benzene ring substituents is 1. The summed E-state index contributed by atoms with van der Waals surface area (Å²) in [5.41, 5.74) is 2.17. The Morgan fingerprint density at radius 2 is 1.70 bits per heavy atom. The Morgan fingerprint density at radius 1 is 1.07 bits per heavy atom. The summed E-state index contributed by atoms with van der Waals surface area (Å²) in [5.74, 6) is -0.102. The van der Waals surface area contributed by atoms with Crippen molar-refractivity contribution < 1.29 is 14.5 Å². The van der Waals surface area contributed by atoms with Gasteiger partial charge in [-0.15, -0.1) is 0 Å². The summed E-state index contributed by atoms with van der Waals surface area (Å²) in [6, 6.07) is 13.0. The van der Waals surface area contributed by atoms with E-state index in [1.54, 1.807) is 0 Å². The topological polar surface area (TPSA) is 101 Å². The van der Waals surface area contributed by atoms with Crippen molar-refractivity contribution in [2.24, 2.45) is 0 Å². The van der Waals surface area contributed by atoms with Crippen molar-refractivity contribution >= 4 is 23.2 Å². The van der Waals surface area contributed by atoms with Crippen LogP contribution in [-0.4, -0.2) is 23.3 Å². The Labute approximate surface area is 157 Å². The lowest BCUT2D eigenvalue weighted by Gasteiger charge is -2.11. The van der Waals surface area contributed by atoms with Gasteiger partial charge in [0.1, 0.15) is 0 Å². The van der Waals surface area contributed by atoms with Gasteiger partial charge in [-0.1, -0.05) is 26.0 Å². The van der Waals surface area contributed by atoms with E-state index in [0.717, 1.165) is 6.42 Å². The minimum atomic E-state index is -0.526. The van der Waals surface area contributed by atoms with Gasteiger partial charge in [-0.3, -0.25) is 19.7 Å². The molecule has 2 aromatic carbocycles. The van der Waals surface area contributed by atoms with Gasteiger partial charge in [0, 0.05) is 36.3 Å². The smallest absolute Gasteiger partial charge is 0.269 e. The Hall–Kier alpha value is -3.22. The molecule has 0 aliphatic rings. The molecule has 7 heteroatoms. The maximum Gasteiger partial charge on any atom is 0.269 e. The van der Waals surface area contributed by atoms with E-state index >= 15 is 0 Å². The average molecular weight is 369 g/mol. The standard InChI is InChI=1S/C20H23N3O4/c1-3-14(2)15-4-8-17(9-5-15)22-19(24)12-13-21-20(25)16-6-10-18(11-7-16)23(26)27/h4-11,14H,3,12-13H2,1-2H3,(H,21,25)(H,22,24)/t14-/m0/s1. The Kier molecular flexibility index (Phi) is 7.05. The Bertz CT molecular complexity index is 801. The molecule has 7 nitrogen and oxygen atoms in total. The van der Waals surface area contributed by atoms with Crippen molar-refractivity contribution in [1.82, 2.24) is 5.32 Å². The molecule has 2 amide bonds. The maximum absolute atomic E-state index is 12.0. The van der Waals surface area contributed by atoms with Gasteiger partial charge in [-0.2, -0.15) is 0 Å². The number of rotatable bonds is 8. The molecule has 0 saturated heterocycles. The number of carbonyl (C=O) groups is 2. The highest BCUT2D eigenvalue weighted by Gasteiger charge is 2.10. The first-order chi connectivity index (χ1) is 12.9. The Balaban J connectivity index is 1.78. The summed E-state index contributed by atoms with van der Waals surface area (Å²) in [5, 5.41) is 16.0. The molecule has 0 bridgehead atoms. The van der Waals surface area contributed by atoms with Crippen molar-refractivity contribution in [2.75, 3.05) is 11.9 Å². The predicted molar refractivity (Wildman–Crippen MR) is 104 cm³/mol. The van der Waals surface area contributed by atoms with Crippen molar-refractivity contribution in [3.05, 3.63) is 69.8 Å². The number of amides is 2. The second-order valence-corrected chi connectivity index (χ2v) is 6.29. The zero-order chi connectivity index (χ0) is 19.8. The lowest BCUT2D eigenvalue weighted by Crippen LogP contribution is -2.27. The first-order valence-corrected chi connectivity index (χ1v) is 8.83. The molecule has 0 aliphatic heterocycles. The lowest BCUT2D eigenvalue weighted by molar-refractivity contribution is -0.384. The van der Waals surface area contributed by atoms with Gasteiger partial charge >= 0.3 is 0 Å². The van der Waals surface area contributed by atoms with E-state index in [9.17, 15) is 19.7 Å². The van der Waals surface area contributed by atoms with Gasteiger partial charge in [0.05, 0.1) is 4.92 Å². The molecule has 0 aromatic heterocycles. The third-order valence-electron chi connectivity index (χ3n) is 4.35. The molecule has 0 spiro atoms. The molecule has 1 atom stereocenters. The van der Waals surface area contributed by atoms with Crippen LogP contribution in [-0.2, 0) is 4.79 Å². The van der Waals surface area contributed by atoms with Crippen molar-refractivity contribution in [3.63, 3.8) is 0 Å². The third kappa shape index (κ3) is 5.91. The lowest BCUT2D eigenvalue weighted by atomic mass is 9.99. The van der Waals surface area contributed by atoms with Crippen LogP contribution in [0.2, 0.25) is 0 Å². The normalized spacial score (nSPS) is 11.5. The molecule has 142 valence electrons.